The van der Waals surface area contributed by atoms with Crippen LogP contribution in [0.2, 0.25) is 0 Å². The molecule has 0 saturated heterocycles. The van der Waals surface area contributed by atoms with E-state index in [4.69, 9.17) is 14.2 Å². The predicted octanol–water partition coefficient (Wildman–Crippen LogP) is 4.71. The second kappa shape index (κ2) is 9.41. The van der Waals surface area contributed by atoms with E-state index in [0.29, 0.717) is 4.90 Å². The Bertz CT molecular complexity index is 675. The van der Waals surface area contributed by atoms with Crippen LogP contribution in [0.15, 0.2) is 28.7 Å². The zero-order valence-corrected chi connectivity index (χ0v) is 19.0. The molecule has 2 amide bonds. The third-order valence-electron chi connectivity index (χ3n) is 3.31. The van der Waals surface area contributed by atoms with Gasteiger partial charge in [0, 0.05) is 10.9 Å². The molecule has 0 unspecified atom stereocenters. The summed E-state index contributed by atoms with van der Waals surface area (Å²) in [6, 6.07) is 5.92. The molecular weight excluding hydrogens is 430 g/mol. The van der Waals surface area contributed by atoms with Crippen molar-refractivity contribution in [3.63, 3.8) is 0 Å². The Morgan fingerprint density at radius 3 is 1.71 bits per heavy atom. The SMILES string of the molecule is COC(=O)[C@H](Cc1ccc(Br)cc1)N(C(=O)OC(C)(C)C)C(=O)OC(C)(C)C. The number of halogens is 1. The molecule has 0 heterocycles. The Morgan fingerprint density at radius 2 is 1.36 bits per heavy atom. The fourth-order valence-corrected chi connectivity index (χ4v) is 2.48. The van der Waals surface area contributed by atoms with Crippen LogP contribution in [0.25, 0.3) is 0 Å². The van der Waals surface area contributed by atoms with Gasteiger partial charge in [0.05, 0.1) is 7.11 Å². The highest BCUT2D eigenvalue weighted by Gasteiger charge is 2.41. The van der Waals surface area contributed by atoms with E-state index < -0.39 is 35.4 Å². The summed E-state index contributed by atoms with van der Waals surface area (Å²) >= 11 is 3.35. The van der Waals surface area contributed by atoms with Gasteiger partial charge in [-0.05, 0) is 59.2 Å². The lowest BCUT2D eigenvalue weighted by Crippen LogP contribution is -2.53. The second-order valence-corrected chi connectivity index (χ2v) is 9.12. The Labute approximate surface area is 174 Å². The van der Waals surface area contributed by atoms with Gasteiger partial charge in [-0.25, -0.2) is 14.4 Å². The van der Waals surface area contributed by atoms with Gasteiger partial charge in [0.2, 0.25) is 0 Å². The molecule has 1 aromatic carbocycles. The number of hydrogen-bond donors (Lipinski definition) is 0. The molecule has 0 fully saturated rings. The summed E-state index contributed by atoms with van der Waals surface area (Å²) in [5, 5.41) is 0. The average molecular weight is 458 g/mol. The van der Waals surface area contributed by atoms with Crippen LogP contribution in [-0.2, 0) is 25.4 Å². The van der Waals surface area contributed by atoms with Crippen molar-refractivity contribution in [1.29, 1.82) is 0 Å². The molecule has 0 spiro atoms. The van der Waals surface area contributed by atoms with Crippen molar-refractivity contribution in [2.75, 3.05) is 7.11 Å². The van der Waals surface area contributed by atoms with Gasteiger partial charge in [-0.1, -0.05) is 28.1 Å². The fourth-order valence-electron chi connectivity index (χ4n) is 2.21. The van der Waals surface area contributed by atoms with Gasteiger partial charge in [0.25, 0.3) is 0 Å². The number of amides is 2. The molecule has 8 heteroatoms. The summed E-state index contributed by atoms with van der Waals surface area (Å²) in [7, 11) is 1.19. The van der Waals surface area contributed by atoms with Gasteiger partial charge in [-0.3, -0.25) is 0 Å². The summed E-state index contributed by atoms with van der Waals surface area (Å²) in [5.41, 5.74) is -0.999. The van der Waals surface area contributed by atoms with Crippen molar-refractivity contribution >= 4 is 34.1 Å². The van der Waals surface area contributed by atoms with Crippen molar-refractivity contribution < 1.29 is 28.6 Å². The smallest absolute Gasteiger partial charge is 0.420 e. The van der Waals surface area contributed by atoms with Crippen LogP contribution in [0.4, 0.5) is 9.59 Å². The van der Waals surface area contributed by atoms with E-state index in [0.717, 1.165) is 10.0 Å². The van der Waals surface area contributed by atoms with Crippen molar-refractivity contribution in [1.82, 2.24) is 4.90 Å². The Balaban J connectivity index is 3.31. The van der Waals surface area contributed by atoms with Crippen LogP contribution in [0.3, 0.4) is 0 Å². The quantitative estimate of drug-likeness (QED) is 0.480. The molecular formula is C20H28BrNO6. The highest BCUT2D eigenvalue weighted by atomic mass is 79.9. The van der Waals surface area contributed by atoms with E-state index in [1.54, 1.807) is 65.8 Å². The monoisotopic (exact) mass is 457 g/mol. The number of ether oxygens (including phenoxy) is 3. The molecule has 0 N–H and O–H groups in total. The van der Waals surface area contributed by atoms with Crippen LogP contribution in [0.1, 0.15) is 47.1 Å². The van der Waals surface area contributed by atoms with E-state index in [9.17, 15) is 14.4 Å². The molecule has 0 radical (unpaired) electrons. The lowest BCUT2D eigenvalue weighted by molar-refractivity contribution is -0.146. The van der Waals surface area contributed by atoms with Crippen LogP contribution >= 0.6 is 15.9 Å². The molecule has 0 aliphatic carbocycles. The van der Waals surface area contributed by atoms with E-state index in [1.165, 1.54) is 7.11 Å². The first-order chi connectivity index (χ1) is 12.7. The van der Waals surface area contributed by atoms with Gasteiger partial charge in [-0.15, -0.1) is 0 Å². The first-order valence-electron chi connectivity index (χ1n) is 8.81. The minimum absolute atomic E-state index is 0.0540. The van der Waals surface area contributed by atoms with Crippen LogP contribution < -0.4 is 0 Å². The number of nitrogens with zero attached hydrogens (tertiary/aromatic N) is 1. The number of imide groups is 1. The number of benzene rings is 1. The predicted molar refractivity (Wildman–Crippen MR) is 108 cm³/mol. The maximum atomic E-state index is 12.8. The Hall–Kier alpha value is -2.09. The van der Waals surface area contributed by atoms with Crippen LogP contribution in [0, 0.1) is 0 Å². The van der Waals surface area contributed by atoms with Crippen molar-refractivity contribution in [2.45, 2.75) is 65.2 Å². The normalized spacial score (nSPS) is 12.7. The lowest BCUT2D eigenvalue weighted by Gasteiger charge is -2.32. The number of esters is 1. The molecule has 156 valence electrons. The third-order valence-corrected chi connectivity index (χ3v) is 3.84. The van der Waals surface area contributed by atoms with E-state index in [1.807, 2.05) is 0 Å². The van der Waals surface area contributed by atoms with Crippen molar-refractivity contribution in [3.05, 3.63) is 34.3 Å². The Morgan fingerprint density at radius 1 is 0.929 bits per heavy atom. The summed E-state index contributed by atoms with van der Waals surface area (Å²) in [4.78, 5) is 38.7. The molecule has 0 aliphatic rings. The van der Waals surface area contributed by atoms with Gasteiger partial charge in [0.15, 0.2) is 0 Å². The zero-order chi connectivity index (χ0) is 21.7. The summed E-state index contributed by atoms with van der Waals surface area (Å²) in [5.74, 6) is -0.750. The average Bonchev–Trinajstić information content (AvgIpc) is 2.52. The van der Waals surface area contributed by atoms with E-state index in [-0.39, 0.29) is 6.42 Å². The van der Waals surface area contributed by atoms with Crippen molar-refractivity contribution in [3.8, 4) is 0 Å². The molecule has 1 aromatic rings. The van der Waals surface area contributed by atoms with E-state index in [2.05, 4.69) is 15.9 Å². The maximum Gasteiger partial charge on any atom is 0.420 e. The highest BCUT2D eigenvalue weighted by Crippen LogP contribution is 2.21. The largest absolute Gasteiger partial charge is 0.467 e. The zero-order valence-electron chi connectivity index (χ0n) is 17.4. The standard InChI is InChI=1S/C20H28BrNO6/c1-19(2,3)27-17(24)22(18(25)28-20(4,5)6)15(16(23)26-7)12-13-8-10-14(21)11-9-13/h8-11,15H,12H2,1-7H3/t15-/m0/s1. The number of rotatable bonds is 4. The molecule has 0 aliphatic heterocycles. The highest BCUT2D eigenvalue weighted by molar-refractivity contribution is 9.10. The first kappa shape index (κ1) is 23.9. The number of hydrogen-bond acceptors (Lipinski definition) is 6. The topological polar surface area (TPSA) is 82.1 Å². The molecule has 28 heavy (non-hydrogen) atoms. The van der Waals surface area contributed by atoms with E-state index >= 15 is 0 Å². The van der Waals surface area contributed by atoms with Gasteiger partial charge < -0.3 is 14.2 Å². The summed E-state index contributed by atoms with van der Waals surface area (Å²) in [6.07, 6.45) is -1.90. The summed E-state index contributed by atoms with van der Waals surface area (Å²) in [6.45, 7) is 10.0. The lowest BCUT2D eigenvalue weighted by atomic mass is 10.1. The Kier molecular flexibility index (Phi) is 8.05. The minimum Gasteiger partial charge on any atom is -0.467 e. The maximum absolute atomic E-state index is 12.8. The van der Waals surface area contributed by atoms with Crippen LogP contribution in [0.5, 0.6) is 0 Å². The number of carbonyl (C=O) groups is 3. The molecule has 0 bridgehead atoms. The second-order valence-electron chi connectivity index (χ2n) is 8.20. The van der Waals surface area contributed by atoms with Gasteiger partial charge in [0.1, 0.15) is 17.2 Å². The number of methoxy groups -OCH3 is 1. The summed E-state index contributed by atoms with van der Waals surface area (Å²) < 4.78 is 16.4. The molecule has 1 atom stereocenters. The molecule has 0 aromatic heterocycles. The number of carbonyl (C=O) groups excluding carboxylic acids is 3. The molecule has 1 rings (SSSR count). The third kappa shape index (κ3) is 7.88. The van der Waals surface area contributed by atoms with Crippen LogP contribution in [-0.4, -0.2) is 47.4 Å². The first-order valence-corrected chi connectivity index (χ1v) is 9.60. The molecule has 0 saturated carbocycles. The fraction of sp³-hybridized carbons (Fsp3) is 0.550. The molecule has 7 nitrogen and oxygen atoms in total. The minimum atomic E-state index is -1.24. The van der Waals surface area contributed by atoms with Gasteiger partial charge in [-0.2, -0.15) is 4.90 Å². The van der Waals surface area contributed by atoms with Crippen molar-refractivity contribution in [2.24, 2.45) is 0 Å². The van der Waals surface area contributed by atoms with Gasteiger partial charge >= 0.3 is 18.2 Å².